The van der Waals surface area contributed by atoms with Crippen LogP contribution in [0.25, 0.3) is 10.9 Å². The molecule has 14 heteroatoms. The number of benzene rings is 2. The number of ketones is 1. The van der Waals surface area contributed by atoms with Crippen LogP contribution in [-0.2, 0) is 31.6 Å². The number of para-hydroxylation sites is 1. The molecule has 4 aromatic rings. The molecule has 0 aliphatic heterocycles. The minimum absolute atomic E-state index is 0.0148. The summed E-state index contributed by atoms with van der Waals surface area (Å²) in [6.45, 7) is 0.913. The van der Waals surface area contributed by atoms with Crippen LogP contribution in [0, 0.1) is 0 Å². The van der Waals surface area contributed by atoms with E-state index in [4.69, 9.17) is 11.5 Å². The number of nitrogens with one attached hydrogen (secondary N) is 2. The van der Waals surface area contributed by atoms with E-state index in [0.717, 1.165) is 9.54 Å². The fourth-order valence-corrected chi connectivity index (χ4v) is 6.23. The number of rotatable bonds is 11. The molecule has 2 heterocycles. The number of aliphatic hydroxyl groups is 1. The number of nitrogen functional groups attached to an aromatic ring is 2. The van der Waals surface area contributed by atoms with Gasteiger partial charge in [-0.05, 0) is 67.0 Å². The SMILES string of the molecule is Nc1nc(N)nc(NCCCNC(=O)CCc2ccc(S(=O)(=O)n3c(C4(O)C=CC(=O)C=C4)cc4ccccc43)cc2)n1. The predicted octanol–water partition coefficient (Wildman–Crippen LogP) is 1.66. The lowest BCUT2D eigenvalue weighted by Gasteiger charge is -2.25. The molecule has 0 bridgehead atoms. The summed E-state index contributed by atoms with van der Waals surface area (Å²) < 4.78 is 28.9. The molecule has 0 radical (unpaired) electrons. The minimum Gasteiger partial charge on any atom is -0.376 e. The molecule has 1 aliphatic rings. The summed E-state index contributed by atoms with van der Waals surface area (Å²) in [4.78, 5) is 35.6. The van der Waals surface area contributed by atoms with E-state index in [-0.39, 0.29) is 46.5 Å². The molecule has 0 saturated carbocycles. The van der Waals surface area contributed by atoms with E-state index in [9.17, 15) is 23.1 Å². The Hall–Kier alpha value is -5.08. The highest BCUT2D eigenvalue weighted by molar-refractivity contribution is 7.90. The monoisotopic (exact) mass is 602 g/mol. The van der Waals surface area contributed by atoms with Gasteiger partial charge in [-0.1, -0.05) is 30.3 Å². The van der Waals surface area contributed by atoms with Crippen molar-refractivity contribution < 1.29 is 23.1 Å². The van der Waals surface area contributed by atoms with Gasteiger partial charge in [0.05, 0.1) is 16.1 Å². The summed E-state index contributed by atoms with van der Waals surface area (Å²) in [7, 11) is -4.15. The van der Waals surface area contributed by atoms with E-state index in [2.05, 4.69) is 25.6 Å². The molecule has 2 aromatic carbocycles. The quantitative estimate of drug-likeness (QED) is 0.156. The van der Waals surface area contributed by atoms with Gasteiger partial charge >= 0.3 is 0 Å². The second-order valence-corrected chi connectivity index (χ2v) is 11.7. The lowest BCUT2D eigenvalue weighted by Crippen LogP contribution is -2.29. The summed E-state index contributed by atoms with van der Waals surface area (Å²) >= 11 is 0. The van der Waals surface area contributed by atoms with Crippen molar-refractivity contribution in [2.45, 2.75) is 29.8 Å². The lowest BCUT2D eigenvalue weighted by atomic mass is 9.94. The number of nitrogens with two attached hydrogens (primary N) is 2. The second kappa shape index (κ2) is 12.0. The Bertz CT molecular complexity index is 1810. The van der Waals surface area contributed by atoms with Gasteiger partial charge in [-0.15, -0.1) is 0 Å². The molecule has 0 atom stereocenters. The van der Waals surface area contributed by atoms with Crippen molar-refractivity contribution in [3.05, 3.63) is 90.2 Å². The topological polar surface area (TPSA) is 208 Å². The maximum Gasteiger partial charge on any atom is 0.268 e. The molecule has 0 saturated heterocycles. The van der Waals surface area contributed by atoms with Crippen molar-refractivity contribution in [3.63, 3.8) is 0 Å². The molecule has 7 N–H and O–H groups in total. The van der Waals surface area contributed by atoms with Gasteiger partial charge in [-0.25, -0.2) is 12.4 Å². The van der Waals surface area contributed by atoms with Crippen molar-refractivity contribution in [1.29, 1.82) is 0 Å². The van der Waals surface area contributed by atoms with Gasteiger partial charge in [0.2, 0.25) is 23.8 Å². The fourth-order valence-electron chi connectivity index (χ4n) is 4.65. The van der Waals surface area contributed by atoms with Crippen molar-refractivity contribution >= 4 is 50.5 Å². The summed E-state index contributed by atoms with van der Waals surface area (Å²) in [5.41, 5.74) is 10.5. The Morgan fingerprint density at radius 1 is 0.953 bits per heavy atom. The first-order valence-electron chi connectivity index (χ1n) is 13.4. The van der Waals surface area contributed by atoms with Crippen molar-refractivity contribution in [2.24, 2.45) is 0 Å². The normalized spacial score (nSPS) is 14.2. The Morgan fingerprint density at radius 2 is 1.63 bits per heavy atom. The number of aromatic nitrogens is 4. The Kier molecular flexibility index (Phi) is 8.23. The fraction of sp³-hybridized carbons (Fsp3) is 0.207. The van der Waals surface area contributed by atoms with Gasteiger partial charge in [0, 0.05) is 24.9 Å². The van der Waals surface area contributed by atoms with E-state index in [1.165, 1.54) is 36.4 Å². The van der Waals surface area contributed by atoms with Gasteiger partial charge in [0.15, 0.2) is 5.78 Å². The number of hydrogen-bond donors (Lipinski definition) is 5. The first-order valence-corrected chi connectivity index (χ1v) is 14.9. The molecule has 5 rings (SSSR count). The van der Waals surface area contributed by atoms with Crippen LogP contribution in [-0.4, -0.2) is 57.2 Å². The van der Waals surface area contributed by atoms with Crippen LogP contribution in [0.5, 0.6) is 0 Å². The Morgan fingerprint density at radius 3 is 2.33 bits per heavy atom. The molecule has 0 fully saturated rings. The number of fused-ring (bicyclic) bond motifs is 1. The van der Waals surface area contributed by atoms with Crippen LogP contribution in [0.15, 0.2) is 83.8 Å². The van der Waals surface area contributed by atoms with Gasteiger partial charge in [-0.2, -0.15) is 15.0 Å². The third kappa shape index (κ3) is 6.55. The van der Waals surface area contributed by atoms with E-state index in [0.29, 0.717) is 36.8 Å². The minimum atomic E-state index is -4.15. The Labute approximate surface area is 247 Å². The summed E-state index contributed by atoms with van der Waals surface area (Å²) in [5.74, 6) is -0.149. The average molecular weight is 603 g/mol. The molecule has 1 aliphatic carbocycles. The Balaban J connectivity index is 1.21. The van der Waals surface area contributed by atoms with Crippen LogP contribution < -0.4 is 22.1 Å². The molecule has 0 spiro atoms. The van der Waals surface area contributed by atoms with E-state index < -0.39 is 15.6 Å². The highest BCUT2D eigenvalue weighted by atomic mass is 32.2. The molecule has 43 heavy (non-hydrogen) atoms. The summed E-state index contributed by atoms with van der Waals surface area (Å²) in [6.07, 6.45) is 6.22. The summed E-state index contributed by atoms with van der Waals surface area (Å²) in [6, 6.07) is 14.8. The number of carbonyl (C=O) groups is 2. The predicted molar refractivity (Wildman–Crippen MR) is 161 cm³/mol. The number of hydrogen-bond acceptors (Lipinski definition) is 11. The number of allylic oxidation sites excluding steroid dienone is 2. The molecule has 13 nitrogen and oxygen atoms in total. The van der Waals surface area contributed by atoms with Gasteiger partial charge < -0.3 is 27.2 Å². The second-order valence-electron chi connectivity index (χ2n) is 9.90. The van der Waals surface area contributed by atoms with Crippen LogP contribution in [0.1, 0.15) is 24.1 Å². The first-order chi connectivity index (χ1) is 20.5. The zero-order chi connectivity index (χ0) is 30.6. The average Bonchev–Trinajstić information content (AvgIpc) is 3.39. The van der Waals surface area contributed by atoms with Crippen LogP contribution in [0.3, 0.4) is 0 Å². The third-order valence-electron chi connectivity index (χ3n) is 6.81. The van der Waals surface area contributed by atoms with Crippen molar-refractivity contribution in [1.82, 2.24) is 24.2 Å². The van der Waals surface area contributed by atoms with Gasteiger partial charge in [0.25, 0.3) is 10.0 Å². The molecule has 222 valence electrons. The number of aryl methyl sites for hydroxylation is 1. The molecule has 1 amide bonds. The van der Waals surface area contributed by atoms with Crippen LogP contribution >= 0.6 is 0 Å². The lowest BCUT2D eigenvalue weighted by molar-refractivity contribution is -0.121. The highest BCUT2D eigenvalue weighted by Crippen LogP contribution is 2.35. The molecule has 2 aromatic heterocycles. The zero-order valence-corrected chi connectivity index (χ0v) is 23.8. The smallest absolute Gasteiger partial charge is 0.268 e. The van der Waals surface area contributed by atoms with Crippen molar-refractivity contribution in [2.75, 3.05) is 29.9 Å². The zero-order valence-electron chi connectivity index (χ0n) is 23.0. The first kappa shape index (κ1) is 29.4. The number of nitrogens with zero attached hydrogens (tertiary/aromatic N) is 4. The highest BCUT2D eigenvalue weighted by Gasteiger charge is 2.34. The molecular formula is C29H30N8O5S. The standard InChI is InChI=1S/C29H30N8O5S/c30-26-34-27(31)36-28(35-26)33-17-3-16-32-25(39)11-8-19-6-9-22(10-7-19)43(41,42)37-23-5-2-1-4-20(23)18-24(37)29(40)14-12-21(38)13-15-29/h1-2,4-7,9-10,12-15,18,40H,3,8,11,16-17H2,(H,32,39)(H5,30,31,33,34,35,36). The van der Waals surface area contributed by atoms with Gasteiger partial charge in [-0.3, -0.25) is 9.59 Å². The largest absolute Gasteiger partial charge is 0.376 e. The number of carbonyl (C=O) groups excluding carboxylic acids is 2. The van der Waals surface area contributed by atoms with Crippen molar-refractivity contribution in [3.8, 4) is 0 Å². The summed E-state index contributed by atoms with van der Waals surface area (Å²) in [5, 5.41) is 17.7. The van der Waals surface area contributed by atoms with E-state index in [1.54, 1.807) is 42.5 Å². The van der Waals surface area contributed by atoms with E-state index in [1.807, 2.05) is 0 Å². The van der Waals surface area contributed by atoms with Gasteiger partial charge in [0.1, 0.15) is 5.60 Å². The number of amides is 1. The molecule has 0 unspecified atom stereocenters. The maximum atomic E-state index is 13.9. The van der Waals surface area contributed by atoms with Crippen LogP contribution in [0.4, 0.5) is 17.8 Å². The molecular weight excluding hydrogens is 572 g/mol. The maximum absolute atomic E-state index is 13.9. The third-order valence-corrected chi connectivity index (χ3v) is 8.55. The van der Waals surface area contributed by atoms with Crippen LogP contribution in [0.2, 0.25) is 0 Å². The van der Waals surface area contributed by atoms with E-state index >= 15 is 0 Å². The number of anilines is 3.